The number of hydrogen-bond donors (Lipinski definition) is 2. The van der Waals surface area contributed by atoms with Crippen LogP contribution < -0.4 is 10.6 Å². The third-order valence-electron chi connectivity index (χ3n) is 4.63. The minimum atomic E-state index is -4.62. The van der Waals surface area contributed by atoms with Crippen LogP contribution in [-0.2, 0) is 15.7 Å². The van der Waals surface area contributed by atoms with Crippen molar-refractivity contribution in [3.05, 3.63) is 28.8 Å². The number of carbonyl (C=O) groups is 3. The number of fused-ring (bicyclic) bond motifs is 1. The van der Waals surface area contributed by atoms with Crippen LogP contribution in [0.3, 0.4) is 0 Å². The maximum Gasteiger partial charge on any atom is 0.418 e. The van der Waals surface area contributed by atoms with E-state index >= 15 is 0 Å². The number of benzene rings is 1. The Morgan fingerprint density at radius 2 is 2.03 bits per heavy atom. The van der Waals surface area contributed by atoms with Crippen LogP contribution in [0.4, 0.5) is 18.0 Å². The molecule has 3 rings (SSSR count). The van der Waals surface area contributed by atoms with E-state index in [1.807, 2.05) is 0 Å². The van der Waals surface area contributed by atoms with Crippen LogP contribution in [-0.4, -0.2) is 41.0 Å². The molecule has 0 unspecified atom stereocenters. The second kappa shape index (κ2) is 8.45. The minimum absolute atomic E-state index is 0.00797. The van der Waals surface area contributed by atoms with Crippen LogP contribution in [0.25, 0.3) is 10.2 Å². The second-order valence-electron chi connectivity index (χ2n) is 8.24. The number of Topliss-reactive ketones (excluding diaryl/α,β-unsaturated/α-hetero) is 1. The highest BCUT2D eigenvalue weighted by atomic mass is 32.1. The fourth-order valence-corrected chi connectivity index (χ4v) is 4.25. The molecule has 31 heavy (non-hydrogen) atoms. The molecule has 0 saturated carbocycles. The minimum Gasteiger partial charge on any atom is -0.444 e. The largest absolute Gasteiger partial charge is 0.444 e. The van der Waals surface area contributed by atoms with Gasteiger partial charge in [-0.25, -0.2) is 9.78 Å². The third kappa shape index (κ3) is 5.52. The molecule has 0 radical (unpaired) electrons. The predicted octanol–water partition coefficient (Wildman–Crippen LogP) is 3.92. The smallest absolute Gasteiger partial charge is 0.418 e. The van der Waals surface area contributed by atoms with Crippen LogP contribution in [0.1, 0.15) is 49.0 Å². The Bertz CT molecular complexity index is 1010. The number of rotatable bonds is 5. The zero-order valence-electron chi connectivity index (χ0n) is 17.1. The van der Waals surface area contributed by atoms with Gasteiger partial charge in [0, 0.05) is 12.5 Å². The Morgan fingerprint density at radius 1 is 1.32 bits per heavy atom. The number of nitrogens with zero attached hydrogens (tertiary/aromatic N) is 1. The molecule has 11 heteroatoms. The van der Waals surface area contributed by atoms with Crippen molar-refractivity contribution in [2.45, 2.75) is 51.4 Å². The number of para-hydroxylation sites is 1. The highest BCUT2D eigenvalue weighted by molar-refractivity contribution is 7.20. The number of amides is 2. The molecule has 2 aromatic rings. The maximum absolute atomic E-state index is 13.3. The normalized spacial score (nSPS) is 18.0. The summed E-state index contributed by atoms with van der Waals surface area (Å²) in [6.45, 7) is 5.41. The summed E-state index contributed by atoms with van der Waals surface area (Å²) >= 11 is 0.810. The maximum atomic E-state index is 13.3. The quantitative estimate of drug-likeness (QED) is 0.664. The summed E-state index contributed by atoms with van der Waals surface area (Å²) in [6.07, 6.45) is -5.01. The molecular formula is C20H22F3N3O4S. The van der Waals surface area contributed by atoms with Crippen LogP contribution in [0.5, 0.6) is 0 Å². The van der Waals surface area contributed by atoms with Gasteiger partial charge in [0.1, 0.15) is 5.60 Å². The summed E-state index contributed by atoms with van der Waals surface area (Å²) in [4.78, 5) is 41.3. The molecule has 168 valence electrons. The fraction of sp³-hybridized carbons (Fsp3) is 0.500. The van der Waals surface area contributed by atoms with Crippen molar-refractivity contribution >= 4 is 39.3 Å². The first-order chi connectivity index (χ1) is 14.3. The molecule has 2 heterocycles. The van der Waals surface area contributed by atoms with Crippen molar-refractivity contribution < 1.29 is 32.3 Å². The molecule has 2 atom stereocenters. The molecule has 0 spiro atoms. The Balaban J connectivity index is 1.91. The van der Waals surface area contributed by atoms with Gasteiger partial charge in [0.2, 0.25) is 11.7 Å². The second-order valence-corrected chi connectivity index (χ2v) is 9.28. The van der Waals surface area contributed by atoms with E-state index < -0.39 is 41.2 Å². The highest BCUT2D eigenvalue weighted by Gasteiger charge is 2.36. The molecule has 7 nitrogen and oxygen atoms in total. The van der Waals surface area contributed by atoms with Crippen molar-refractivity contribution in [1.82, 2.24) is 15.6 Å². The molecular weight excluding hydrogens is 435 g/mol. The topological polar surface area (TPSA) is 97.4 Å². The lowest BCUT2D eigenvalue weighted by Crippen LogP contribution is -2.45. The molecule has 1 aromatic heterocycles. The number of thiazole rings is 1. The summed E-state index contributed by atoms with van der Waals surface area (Å²) < 4.78 is 45.3. The average Bonchev–Trinajstić information content (AvgIpc) is 3.24. The lowest BCUT2D eigenvalue weighted by molar-refractivity contribution is -0.136. The van der Waals surface area contributed by atoms with E-state index in [-0.39, 0.29) is 27.6 Å². The molecule has 2 N–H and O–H groups in total. The van der Waals surface area contributed by atoms with E-state index in [0.29, 0.717) is 13.0 Å². The first-order valence-corrected chi connectivity index (χ1v) is 10.4. The number of nitrogens with one attached hydrogen (secondary N) is 2. The van der Waals surface area contributed by atoms with Gasteiger partial charge in [-0.1, -0.05) is 6.07 Å². The van der Waals surface area contributed by atoms with Gasteiger partial charge in [0.15, 0.2) is 5.01 Å². The number of aromatic nitrogens is 1. The van der Waals surface area contributed by atoms with Crippen molar-refractivity contribution in [2.24, 2.45) is 5.92 Å². The van der Waals surface area contributed by atoms with E-state index in [1.165, 1.54) is 12.1 Å². The van der Waals surface area contributed by atoms with Gasteiger partial charge in [-0.3, -0.25) is 9.59 Å². The Kier molecular flexibility index (Phi) is 6.26. The number of carbonyl (C=O) groups excluding carboxylic acids is 3. The fourth-order valence-electron chi connectivity index (χ4n) is 3.27. The van der Waals surface area contributed by atoms with Crippen LogP contribution in [0.2, 0.25) is 0 Å². The van der Waals surface area contributed by atoms with Crippen LogP contribution in [0.15, 0.2) is 18.2 Å². The number of alkyl carbamates (subject to hydrolysis) is 1. The van der Waals surface area contributed by atoms with E-state index in [0.717, 1.165) is 17.4 Å². The van der Waals surface area contributed by atoms with Gasteiger partial charge >= 0.3 is 12.3 Å². The molecule has 0 bridgehead atoms. The Morgan fingerprint density at radius 3 is 2.61 bits per heavy atom. The Hall–Kier alpha value is -2.69. The summed E-state index contributed by atoms with van der Waals surface area (Å²) in [6, 6.07) is 2.42. The number of alkyl halides is 3. The zero-order valence-corrected chi connectivity index (χ0v) is 17.9. The van der Waals surface area contributed by atoms with E-state index in [9.17, 15) is 27.6 Å². The molecule has 1 fully saturated rings. The first-order valence-electron chi connectivity index (χ1n) is 9.63. The lowest BCUT2D eigenvalue weighted by Gasteiger charge is -2.23. The molecule has 0 aliphatic carbocycles. The zero-order chi connectivity index (χ0) is 23.0. The SMILES string of the molecule is CC(C)(C)OC(=O)N[C@@H](C[C@@H]1CCNC1=O)C(=O)c1nc2c(C(F)(F)F)cccc2s1. The summed E-state index contributed by atoms with van der Waals surface area (Å²) in [7, 11) is 0. The molecule has 1 aromatic carbocycles. The standard InChI is InChI=1S/C20H22F3N3O4S/c1-19(2,3)30-18(29)25-12(9-10-7-8-24-16(10)28)15(27)17-26-14-11(20(21,22)23)5-4-6-13(14)31-17/h4-6,10,12H,7-9H2,1-3H3,(H,24,28)(H,25,29)/t10-,12-/m0/s1. The summed E-state index contributed by atoms with van der Waals surface area (Å²) in [5, 5.41) is 4.95. The van der Waals surface area contributed by atoms with Crippen molar-refractivity contribution in [1.29, 1.82) is 0 Å². The predicted molar refractivity (Wildman–Crippen MR) is 108 cm³/mol. The monoisotopic (exact) mass is 457 g/mol. The molecule has 1 saturated heterocycles. The molecule has 1 aliphatic rings. The van der Waals surface area contributed by atoms with Crippen LogP contribution in [0, 0.1) is 5.92 Å². The van der Waals surface area contributed by atoms with Gasteiger partial charge in [-0.2, -0.15) is 13.2 Å². The third-order valence-corrected chi connectivity index (χ3v) is 5.66. The Labute approximate surface area is 180 Å². The van der Waals surface area contributed by atoms with Crippen molar-refractivity contribution in [3.63, 3.8) is 0 Å². The van der Waals surface area contributed by atoms with Crippen LogP contribution >= 0.6 is 11.3 Å². The van der Waals surface area contributed by atoms with E-state index in [4.69, 9.17) is 4.74 Å². The van der Waals surface area contributed by atoms with Crippen molar-refractivity contribution in [3.8, 4) is 0 Å². The van der Waals surface area contributed by atoms with Gasteiger partial charge in [-0.05, 0) is 45.7 Å². The number of ketones is 1. The van der Waals surface area contributed by atoms with E-state index in [1.54, 1.807) is 20.8 Å². The van der Waals surface area contributed by atoms with Crippen molar-refractivity contribution in [2.75, 3.05) is 6.54 Å². The van der Waals surface area contributed by atoms with Gasteiger partial charge in [0.05, 0.1) is 21.8 Å². The lowest BCUT2D eigenvalue weighted by atomic mass is 9.96. The first kappa shape index (κ1) is 23.0. The number of hydrogen-bond acceptors (Lipinski definition) is 6. The highest BCUT2D eigenvalue weighted by Crippen LogP contribution is 2.36. The number of ether oxygens (including phenoxy) is 1. The molecule has 2 amide bonds. The number of halogens is 3. The summed E-state index contributed by atoms with van der Waals surface area (Å²) in [5.74, 6) is -1.42. The van der Waals surface area contributed by atoms with E-state index in [2.05, 4.69) is 15.6 Å². The van der Waals surface area contributed by atoms with Gasteiger partial charge < -0.3 is 15.4 Å². The van der Waals surface area contributed by atoms with Gasteiger partial charge in [-0.15, -0.1) is 11.3 Å². The summed E-state index contributed by atoms with van der Waals surface area (Å²) in [5.41, 5.74) is -2.08. The van der Waals surface area contributed by atoms with Gasteiger partial charge in [0.25, 0.3) is 0 Å². The average molecular weight is 457 g/mol. The molecule has 1 aliphatic heterocycles.